The molecule has 7 nitrogen and oxygen atoms in total. The number of likely N-dealkylation sites (N-methyl/N-ethyl adjacent to an activating group) is 1. The third kappa shape index (κ3) is 2.78. The predicted molar refractivity (Wildman–Crippen MR) is 104 cm³/mol. The predicted octanol–water partition coefficient (Wildman–Crippen LogP) is 2.41. The zero-order valence-electron chi connectivity index (χ0n) is 15.7. The molecule has 1 N–H and O–H groups in total. The zero-order chi connectivity index (χ0) is 20.1. The first-order valence-electron chi connectivity index (χ1n) is 9.42. The van der Waals surface area contributed by atoms with E-state index in [2.05, 4.69) is 4.98 Å². The number of amides is 2. The van der Waals surface area contributed by atoms with Crippen LogP contribution in [0.3, 0.4) is 0 Å². The van der Waals surface area contributed by atoms with Crippen molar-refractivity contribution < 1.29 is 19.5 Å². The Morgan fingerprint density at radius 2 is 1.79 bits per heavy atom. The maximum absolute atomic E-state index is 12.8. The summed E-state index contributed by atoms with van der Waals surface area (Å²) in [5.74, 6) is -1.23. The van der Waals surface area contributed by atoms with Crippen LogP contribution in [-0.2, 0) is 21.0 Å². The second-order valence-corrected chi connectivity index (χ2v) is 7.38. The van der Waals surface area contributed by atoms with E-state index in [1.165, 1.54) is 7.05 Å². The van der Waals surface area contributed by atoms with Gasteiger partial charge in [0.25, 0.3) is 5.91 Å². The molecule has 7 heteroatoms. The lowest BCUT2D eigenvalue weighted by Crippen LogP contribution is -2.34. The van der Waals surface area contributed by atoms with Crippen LogP contribution >= 0.6 is 0 Å². The number of aromatic hydroxyl groups is 1. The number of phenols is 1. The van der Waals surface area contributed by atoms with Gasteiger partial charge in [-0.1, -0.05) is 48.5 Å². The van der Waals surface area contributed by atoms with E-state index in [4.69, 9.17) is 4.84 Å². The quantitative estimate of drug-likeness (QED) is 0.693. The molecule has 5 rings (SSSR count). The van der Waals surface area contributed by atoms with Crippen LogP contribution in [0.15, 0.2) is 60.7 Å². The zero-order valence-corrected chi connectivity index (χ0v) is 15.7. The topological polar surface area (TPSA) is 83.0 Å². The lowest BCUT2D eigenvalue weighted by Gasteiger charge is -2.26. The van der Waals surface area contributed by atoms with Gasteiger partial charge in [-0.3, -0.25) is 19.3 Å². The second-order valence-electron chi connectivity index (χ2n) is 7.38. The van der Waals surface area contributed by atoms with Gasteiger partial charge in [-0.25, -0.2) is 4.98 Å². The molecule has 0 radical (unpaired) electrons. The van der Waals surface area contributed by atoms with Gasteiger partial charge in [0.05, 0.1) is 17.7 Å². The Balaban J connectivity index is 1.60. The SMILES string of the molecule is CN1C(=O)C2ON(Cc3ccccc3)C(c3ccc4cccc(O)c4n3)C2C1=O. The van der Waals surface area contributed by atoms with Crippen molar-refractivity contribution in [3.8, 4) is 5.75 Å². The van der Waals surface area contributed by atoms with Gasteiger partial charge in [-0.05, 0) is 17.7 Å². The normalized spacial score (nSPS) is 24.4. The van der Waals surface area contributed by atoms with E-state index in [0.29, 0.717) is 17.8 Å². The summed E-state index contributed by atoms with van der Waals surface area (Å²) in [6, 6.07) is 18.0. The Morgan fingerprint density at radius 3 is 2.59 bits per heavy atom. The average molecular weight is 389 g/mol. The van der Waals surface area contributed by atoms with E-state index in [9.17, 15) is 14.7 Å². The molecule has 3 unspecified atom stereocenters. The highest BCUT2D eigenvalue weighted by atomic mass is 16.7. The van der Waals surface area contributed by atoms with Crippen molar-refractivity contribution in [3.63, 3.8) is 0 Å². The molecule has 2 aliphatic heterocycles. The monoisotopic (exact) mass is 389 g/mol. The van der Waals surface area contributed by atoms with Crippen molar-refractivity contribution in [2.75, 3.05) is 7.05 Å². The number of aromatic nitrogens is 1. The standard InChI is InChI=1S/C22H19N3O4/c1-24-21(27)17-19(15-11-10-14-8-5-9-16(26)18(14)23-15)25(29-20(17)22(24)28)12-13-6-3-2-4-7-13/h2-11,17,19-20,26H,12H2,1H3. The molecule has 2 fully saturated rings. The molecule has 0 bridgehead atoms. The minimum absolute atomic E-state index is 0.0698. The minimum atomic E-state index is -0.858. The molecule has 0 aliphatic carbocycles. The van der Waals surface area contributed by atoms with Gasteiger partial charge in [0.2, 0.25) is 5.91 Å². The molecule has 3 heterocycles. The number of carbonyl (C=O) groups excluding carboxylic acids is 2. The van der Waals surface area contributed by atoms with Crippen molar-refractivity contribution >= 4 is 22.7 Å². The van der Waals surface area contributed by atoms with Crippen LogP contribution in [0.5, 0.6) is 5.75 Å². The van der Waals surface area contributed by atoms with Crippen molar-refractivity contribution in [1.29, 1.82) is 0 Å². The number of imide groups is 1. The summed E-state index contributed by atoms with van der Waals surface area (Å²) >= 11 is 0. The second kappa shape index (κ2) is 6.65. The van der Waals surface area contributed by atoms with Crippen LogP contribution in [0.4, 0.5) is 0 Å². The van der Waals surface area contributed by atoms with E-state index < -0.39 is 18.1 Å². The number of fused-ring (bicyclic) bond motifs is 2. The van der Waals surface area contributed by atoms with Crippen molar-refractivity contribution in [1.82, 2.24) is 14.9 Å². The fourth-order valence-corrected chi connectivity index (χ4v) is 4.15. The van der Waals surface area contributed by atoms with Gasteiger partial charge in [-0.2, -0.15) is 5.06 Å². The summed E-state index contributed by atoms with van der Waals surface area (Å²) < 4.78 is 0. The Hall–Kier alpha value is -3.29. The summed E-state index contributed by atoms with van der Waals surface area (Å²) in [6.07, 6.45) is -0.858. The number of benzene rings is 2. The van der Waals surface area contributed by atoms with Gasteiger partial charge in [-0.15, -0.1) is 0 Å². The molecule has 3 atom stereocenters. The molecule has 2 aromatic carbocycles. The van der Waals surface area contributed by atoms with Crippen LogP contribution in [0.25, 0.3) is 10.9 Å². The minimum Gasteiger partial charge on any atom is -0.506 e. The van der Waals surface area contributed by atoms with Gasteiger partial charge in [0.15, 0.2) is 6.10 Å². The van der Waals surface area contributed by atoms with Gasteiger partial charge in [0.1, 0.15) is 11.3 Å². The molecule has 0 saturated carbocycles. The van der Waals surface area contributed by atoms with Crippen molar-refractivity contribution in [2.24, 2.45) is 5.92 Å². The molecule has 2 aliphatic rings. The Labute approximate surface area is 167 Å². The summed E-state index contributed by atoms with van der Waals surface area (Å²) in [5, 5.41) is 12.7. The third-order valence-corrected chi connectivity index (χ3v) is 5.62. The van der Waals surface area contributed by atoms with Crippen LogP contribution in [-0.4, -0.2) is 45.0 Å². The Bertz CT molecular complexity index is 1120. The molecular formula is C22H19N3O4. The summed E-state index contributed by atoms with van der Waals surface area (Å²) in [4.78, 5) is 37.1. The first-order valence-corrected chi connectivity index (χ1v) is 9.42. The number of nitrogens with zero attached hydrogens (tertiary/aromatic N) is 3. The number of carbonyl (C=O) groups is 2. The lowest BCUT2D eigenvalue weighted by atomic mass is 9.93. The number of hydrogen-bond donors (Lipinski definition) is 1. The largest absolute Gasteiger partial charge is 0.506 e. The number of hydrogen-bond acceptors (Lipinski definition) is 6. The number of hydroxylamine groups is 2. The first kappa shape index (κ1) is 17.8. The van der Waals surface area contributed by atoms with E-state index in [1.807, 2.05) is 48.5 Å². The third-order valence-electron chi connectivity index (χ3n) is 5.62. The smallest absolute Gasteiger partial charge is 0.261 e. The van der Waals surface area contributed by atoms with E-state index in [0.717, 1.165) is 15.8 Å². The highest BCUT2D eigenvalue weighted by Gasteiger charge is 2.59. The van der Waals surface area contributed by atoms with E-state index in [1.54, 1.807) is 17.2 Å². The number of para-hydroxylation sites is 1. The molecule has 1 aromatic heterocycles. The van der Waals surface area contributed by atoms with E-state index >= 15 is 0 Å². The fraction of sp³-hybridized carbons (Fsp3) is 0.227. The number of pyridine rings is 1. The molecular weight excluding hydrogens is 370 g/mol. The van der Waals surface area contributed by atoms with Crippen LogP contribution in [0.1, 0.15) is 17.3 Å². The number of rotatable bonds is 3. The average Bonchev–Trinajstić information content (AvgIpc) is 3.20. The number of phenolic OH excluding ortho intramolecular Hbond substituents is 1. The van der Waals surface area contributed by atoms with Gasteiger partial charge in [0, 0.05) is 19.0 Å². The molecule has 2 amide bonds. The Kier molecular flexibility index (Phi) is 4.08. The van der Waals surface area contributed by atoms with E-state index in [-0.39, 0.29) is 17.6 Å². The summed E-state index contributed by atoms with van der Waals surface area (Å²) in [5.41, 5.74) is 2.03. The highest BCUT2D eigenvalue weighted by Crippen LogP contribution is 2.44. The molecule has 0 spiro atoms. The molecule has 2 saturated heterocycles. The van der Waals surface area contributed by atoms with Gasteiger partial charge >= 0.3 is 0 Å². The summed E-state index contributed by atoms with van der Waals surface area (Å²) in [7, 11) is 1.48. The van der Waals surface area contributed by atoms with Crippen LogP contribution in [0.2, 0.25) is 0 Å². The van der Waals surface area contributed by atoms with Gasteiger partial charge < -0.3 is 5.11 Å². The molecule has 146 valence electrons. The lowest BCUT2D eigenvalue weighted by molar-refractivity contribution is -0.183. The number of likely N-dealkylation sites (tertiary alicyclic amines) is 1. The maximum Gasteiger partial charge on any atom is 0.261 e. The summed E-state index contributed by atoms with van der Waals surface area (Å²) in [6.45, 7) is 0.406. The van der Waals surface area contributed by atoms with Crippen molar-refractivity contribution in [2.45, 2.75) is 18.7 Å². The molecule has 29 heavy (non-hydrogen) atoms. The van der Waals surface area contributed by atoms with Crippen LogP contribution < -0.4 is 0 Å². The Morgan fingerprint density at radius 1 is 1.00 bits per heavy atom. The van der Waals surface area contributed by atoms with Crippen molar-refractivity contribution in [3.05, 3.63) is 71.9 Å². The fourth-order valence-electron chi connectivity index (χ4n) is 4.15. The first-order chi connectivity index (χ1) is 14.0. The maximum atomic E-state index is 12.8. The van der Waals surface area contributed by atoms with Crippen LogP contribution in [0, 0.1) is 5.92 Å². The highest BCUT2D eigenvalue weighted by molar-refractivity contribution is 6.07. The molecule has 3 aromatic rings.